The minimum absolute atomic E-state index is 0.0211. The second-order valence-corrected chi connectivity index (χ2v) is 35.6. The molecule has 0 spiro atoms. The molecule has 0 bridgehead atoms. The van der Waals surface area contributed by atoms with Crippen molar-refractivity contribution in [3.05, 3.63) is 213 Å². The maximum Gasteiger partial charge on any atom is 0.416 e. The molecule has 12 aromatic rings. The molecule has 18 nitrogen and oxygen atoms in total. The minimum atomic E-state index is -4.42. The number of hydrogen-bond donors (Lipinski definition) is 6. The Hall–Kier alpha value is -7.27. The summed E-state index contributed by atoms with van der Waals surface area (Å²) >= 11 is 13.1. The van der Waals surface area contributed by atoms with Crippen LogP contribution in [0, 0.1) is 35.5 Å². The largest absolute Gasteiger partial charge is 0.416 e. The number of aliphatic hydroxyl groups excluding tert-OH is 6. The molecule has 116 heavy (non-hydrogen) atoms. The van der Waals surface area contributed by atoms with Crippen LogP contribution in [0.15, 0.2) is 157 Å². The van der Waals surface area contributed by atoms with E-state index in [9.17, 15) is 57.0 Å². The van der Waals surface area contributed by atoms with Gasteiger partial charge in [-0.1, -0.05) is 159 Å². The van der Waals surface area contributed by atoms with Crippen molar-refractivity contribution in [3.63, 3.8) is 0 Å². The first-order valence-electron chi connectivity index (χ1n) is 42.0. The molecule has 12 heterocycles. The summed E-state index contributed by atoms with van der Waals surface area (Å²) in [4.78, 5) is 24.5. The zero-order valence-electron chi connectivity index (χ0n) is 65.4. The van der Waals surface area contributed by atoms with Gasteiger partial charge >= 0.3 is 12.4 Å². The van der Waals surface area contributed by atoms with Crippen molar-refractivity contribution in [3.8, 4) is 0 Å². The first-order chi connectivity index (χ1) is 56.0. The topological polar surface area (TPSA) is 225 Å². The Balaban J connectivity index is 0.000000115. The zero-order valence-corrected chi connectivity index (χ0v) is 69.4. The summed E-state index contributed by atoms with van der Waals surface area (Å²) in [5, 5.41) is 64.0. The van der Waals surface area contributed by atoms with Gasteiger partial charge in [-0.3, -0.25) is 0 Å². The molecule has 7 saturated carbocycles. The second kappa shape index (κ2) is 38.8. The molecule has 0 aromatic carbocycles. The van der Waals surface area contributed by atoms with Crippen LogP contribution < -0.4 is 0 Å². The number of nitrogens with zero attached hydrogens (tertiary/aromatic N) is 12. The fraction of sp³-hybridized carbons (Fsp3) is 0.528. The van der Waals surface area contributed by atoms with Crippen LogP contribution in [0.5, 0.6) is 0 Å². The minimum Gasteiger partial charge on any atom is -0.387 e. The molecule has 12 aromatic heterocycles. The summed E-state index contributed by atoms with van der Waals surface area (Å²) in [7, 11) is 0. The van der Waals surface area contributed by atoms with Gasteiger partial charge in [-0.15, -0.1) is 0 Å². The van der Waals surface area contributed by atoms with Crippen molar-refractivity contribution in [2.45, 2.75) is 260 Å². The van der Waals surface area contributed by atoms with Crippen molar-refractivity contribution >= 4 is 76.6 Å². The highest BCUT2D eigenvalue weighted by Crippen LogP contribution is 2.46. The molecule has 0 aliphatic heterocycles. The van der Waals surface area contributed by atoms with Gasteiger partial charge in [0.05, 0.1) is 190 Å². The van der Waals surface area contributed by atoms with E-state index in [4.69, 9.17) is 11.6 Å². The fourth-order valence-corrected chi connectivity index (χ4v) is 19.9. The lowest BCUT2D eigenvalue weighted by Gasteiger charge is -2.27. The highest BCUT2D eigenvalue weighted by molar-refractivity contribution is 9.10. The van der Waals surface area contributed by atoms with Gasteiger partial charge in [0.15, 0.2) is 0 Å². The van der Waals surface area contributed by atoms with E-state index in [-0.39, 0.29) is 41.5 Å². The van der Waals surface area contributed by atoms with E-state index in [1.807, 2.05) is 74.5 Å². The second-order valence-electron chi connectivity index (χ2n) is 33.4. The van der Waals surface area contributed by atoms with E-state index < -0.39 is 41.8 Å². The molecule has 27 heteroatoms. The van der Waals surface area contributed by atoms with Crippen LogP contribution in [0.2, 0.25) is 5.02 Å². The smallest absolute Gasteiger partial charge is 0.387 e. The average Bonchev–Trinajstić information content (AvgIpc) is 1.53. The maximum absolute atomic E-state index is 13.0. The fourth-order valence-electron chi connectivity index (χ4n) is 18.8. The standard InChI is InChI=1S/C17H22N2O.C16H21ClN2O.C15H17F3N2O.C14H17BrN2O.C14H15F3N2O.C13H15BrN2O/c20-17(13-4-2-1-3-5-13)16-9-14(12-6-7-12)8-15-10-18-11-19(15)16;17-13-8-14-10-18-11-19(14)15(9-13)16(20)7-6-12-4-2-1-3-5-12;16-15(17,18)11-6-12-8-19-9-20(12)13(7-11)14(21)10-4-2-1-3-5-10;15-11-6-12-8-16-9-17(12)13(7-11)14(18)10-4-2-1-3-5-10;15-14(16,17)10-5-11-7-18-8-19(11)12(6-10)13(20)9-3-1-2-4-9;14-10-5-11-7-15-8-16(11)12(6-10)13(17)9-3-1-2-4-9/h8-13,17,20H,1-7H2;8-12,16,20H,1-7H2;6-10,14,21H,1-5H2;6-10,14,18H,1-5H2;5-9,13,20H,1-4H2;5-9,13,17H,1-4H2. The SMILES string of the molecule is OC(CCC1CCCCC1)c1cc(Cl)cc2cncn12.OC(c1cc(Br)cc2cncn12)C1CCCC1.OC(c1cc(Br)cc2cncn12)C1CCCCC1.OC(c1cc(C(F)(F)F)cc2cncn12)C1CCCC1.OC(c1cc(C(F)(F)F)cc2cncn12)C1CCCCC1.OC(c1cc(C2CC2)cc2cncn12)C1CCCCC1. The molecule has 0 radical (unpaired) electrons. The van der Waals surface area contributed by atoms with E-state index in [1.54, 1.807) is 29.6 Å². The molecule has 7 aliphatic rings. The lowest BCUT2D eigenvalue weighted by atomic mass is 9.83. The third kappa shape index (κ3) is 20.9. The summed E-state index contributed by atoms with van der Waals surface area (Å²) in [5.41, 5.74) is 9.08. The van der Waals surface area contributed by atoms with Crippen molar-refractivity contribution < 1.29 is 57.0 Å². The third-order valence-electron chi connectivity index (χ3n) is 25.3. The Kier molecular flexibility index (Phi) is 28.5. The van der Waals surface area contributed by atoms with Crippen molar-refractivity contribution in [2.24, 2.45) is 35.5 Å². The number of hydrogen-bond acceptors (Lipinski definition) is 12. The van der Waals surface area contributed by atoms with Crippen LogP contribution >= 0.6 is 43.5 Å². The predicted octanol–water partition coefficient (Wildman–Crippen LogP) is 22.8. The van der Waals surface area contributed by atoms with Crippen LogP contribution in [0.1, 0.15) is 299 Å². The van der Waals surface area contributed by atoms with E-state index in [1.165, 1.54) is 131 Å². The molecule has 19 rings (SSSR count). The number of halogens is 9. The lowest BCUT2D eigenvalue weighted by Crippen LogP contribution is -2.19. The molecule has 6 atom stereocenters. The summed E-state index contributed by atoms with van der Waals surface area (Å²) in [6.07, 6.45) is 44.7. The van der Waals surface area contributed by atoms with E-state index >= 15 is 0 Å². The van der Waals surface area contributed by atoms with Crippen molar-refractivity contribution in [2.75, 3.05) is 0 Å². The van der Waals surface area contributed by atoms with Gasteiger partial charge in [0, 0.05) is 14.0 Å². The molecule has 0 amide bonds. The third-order valence-corrected chi connectivity index (χ3v) is 26.5. The first-order valence-corrected chi connectivity index (χ1v) is 43.9. The quantitative estimate of drug-likeness (QED) is 0.0527. The average molecular weight is 1750 g/mol. The molecule has 622 valence electrons. The molecule has 7 aliphatic carbocycles. The Labute approximate surface area is 694 Å². The Morgan fingerprint density at radius 3 is 0.931 bits per heavy atom. The monoisotopic (exact) mass is 1750 g/mol. The Morgan fingerprint density at radius 2 is 0.603 bits per heavy atom. The lowest BCUT2D eigenvalue weighted by molar-refractivity contribution is -0.138. The van der Waals surface area contributed by atoms with Crippen LogP contribution in [0.4, 0.5) is 26.3 Å². The number of rotatable bonds is 15. The summed E-state index contributed by atoms with van der Waals surface area (Å²) in [6, 6.07) is 20.4. The number of alkyl halides is 6. The Bertz CT molecular complexity index is 5160. The molecule has 0 saturated heterocycles. The van der Waals surface area contributed by atoms with Gasteiger partial charge in [-0.2, -0.15) is 26.3 Å². The number of aromatic nitrogens is 12. The van der Waals surface area contributed by atoms with Crippen LogP contribution in [-0.4, -0.2) is 86.9 Å². The number of aliphatic hydroxyl groups is 6. The van der Waals surface area contributed by atoms with Gasteiger partial charge in [0.1, 0.15) is 0 Å². The van der Waals surface area contributed by atoms with E-state index in [2.05, 4.69) is 78.3 Å². The van der Waals surface area contributed by atoms with Gasteiger partial charge < -0.3 is 57.0 Å². The summed E-state index contributed by atoms with van der Waals surface area (Å²) in [6.45, 7) is 0. The van der Waals surface area contributed by atoms with Crippen LogP contribution in [-0.2, 0) is 12.4 Å². The molecular formula is C89H107Br2ClF6N12O6. The highest BCUT2D eigenvalue weighted by Gasteiger charge is 2.37. The molecule has 6 N–H and O–H groups in total. The number of pyridine rings is 6. The first kappa shape index (κ1) is 85.2. The molecule has 6 unspecified atom stereocenters. The zero-order chi connectivity index (χ0) is 81.2. The predicted molar refractivity (Wildman–Crippen MR) is 443 cm³/mol. The van der Waals surface area contributed by atoms with E-state index in [0.717, 1.165) is 193 Å². The Morgan fingerprint density at radius 1 is 0.328 bits per heavy atom. The summed E-state index contributed by atoms with van der Waals surface area (Å²) < 4.78 is 90.8. The van der Waals surface area contributed by atoms with Crippen LogP contribution in [0.3, 0.4) is 0 Å². The van der Waals surface area contributed by atoms with E-state index in [0.29, 0.717) is 39.7 Å². The van der Waals surface area contributed by atoms with Gasteiger partial charge in [-0.05, 0) is 210 Å². The summed E-state index contributed by atoms with van der Waals surface area (Å²) in [5.74, 6) is 2.76. The normalized spacial score (nSPS) is 19.5. The van der Waals surface area contributed by atoms with Crippen molar-refractivity contribution in [1.29, 1.82) is 0 Å². The number of imidazole rings is 6. The number of fused-ring (bicyclic) bond motifs is 6. The van der Waals surface area contributed by atoms with Gasteiger partial charge in [0.2, 0.25) is 0 Å². The van der Waals surface area contributed by atoms with Crippen molar-refractivity contribution in [1.82, 2.24) is 56.3 Å². The maximum atomic E-state index is 13.0. The van der Waals surface area contributed by atoms with Crippen LogP contribution in [0.25, 0.3) is 33.1 Å². The van der Waals surface area contributed by atoms with Gasteiger partial charge in [0.25, 0.3) is 0 Å². The molecule has 7 fully saturated rings. The molecular weight excluding hydrogens is 1640 g/mol. The highest BCUT2D eigenvalue weighted by atomic mass is 79.9. The van der Waals surface area contributed by atoms with Gasteiger partial charge in [-0.25, -0.2) is 29.9 Å².